The van der Waals surface area contributed by atoms with E-state index in [0.29, 0.717) is 16.6 Å². The summed E-state index contributed by atoms with van der Waals surface area (Å²) in [5, 5.41) is 10.1. The molecule has 4 heteroatoms. The predicted molar refractivity (Wildman–Crippen MR) is 93.1 cm³/mol. The number of aliphatic hydroxyl groups is 1. The first kappa shape index (κ1) is 18.5. The molecule has 1 heterocycles. The predicted octanol–water partition coefficient (Wildman–Crippen LogP) is 4.83. The van der Waals surface area contributed by atoms with Crippen LogP contribution >= 0.6 is 11.8 Å². The lowest BCUT2D eigenvalue weighted by Gasteiger charge is -2.45. The normalized spacial score (nSPS) is 26.1. The van der Waals surface area contributed by atoms with Crippen LogP contribution in [-0.2, 0) is 4.43 Å². The van der Waals surface area contributed by atoms with E-state index in [1.165, 1.54) is 6.42 Å². The molecule has 2 atom stereocenters. The maximum atomic E-state index is 10.1. The van der Waals surface area contributed by atoms with Gasteiger partial charge in [-0.15, -0.1) is 0 Å². The van der Waals surface area contributed by atoms with Crippen LogP contribution in [0.4, 0.5) is 0 Å². The molecule has 1 aliphatic heterocycles. The van der Waals surface area contributed by atoms with Crippen molar-refractivity contribution in [1.29, 1.82) is 0 Å². The molecule has 0 aromatic carbocycles. The molecule has 0 amide bonds. The molecule has 0 aromatic heterocycles. The fourth-order valence-corrected chi connectivity index (χ4v) is 10.5. The molecule has 0 spiro atoms. The zero-order valence-corrected chi connectivity index (χ0v) is 16.0. The smallest absolute Gasteiger partial charge is 0.200 e. The van der Waals surface area contributed by atoms with Gasteiger partial charge < -0.3 is 9.53 Å². The summed E-state index contributed by atoms with van der Waals surface area (Å²) < 4.78 is 6.84. The Hall–Kier alpha value is 0.487. The van der Waals surface area contributed by atoms with Crippen LogP contribution in [0.5, 0.6) is 0 Å². The average molecular weight is 319 g/mol. The number of hydrogen-bond acceptors (Lipinski definition) is 3. The van der Waals surface area contributed by atoms with Gasteiger partial charge in [-0.3, -0.25) is 0 Å². The Morgan fingerprint density at radius 1 is 1.05 bits per heavy atom. The van der Waals surface area contributed by atoms with Gasteiger partial charge in [0.1, 0.15) is 0 Å². The van der Waals surface area contributed by atoms with Crippen molar-refractivity contribution in [3.05, 3.63) is 0 Å². The highest BCUT2D eigenvalue weighted by Crippen LogP contribution is 2.44. The van der Waals surface area contributed by atoms with Crippen LogP contribution in [0.15, 0.2) is 0 Å². The van der Waals surface area contributed by atoms with Gasteiger partial charge in [0.25, 0.3) is 0 Å². The minimum atomic E-state index is -1.80. The van der Waals surface area contributed by atoms with Gasteiger partial charge in [-0.1, -0.05) is 41.5 Å². The first-order chi connectivity index (χ1) is 9.30. The minimum absolute atomic E-state index is 0.191. The zero-order chi connectivity index (χ0) is 15.3. The summed E-state index contributed by atoms with van der Waals surface area (Å²) in [5.74, 6) is 2.04. The fourth-order valence-electron chi connectivity index (χ4n) is 3.93. The summed E-state index contributed by atoms with van der Waals surface area (Å²) in [6, 6.07) is 0. The summed E-state index contributed by atoms with van der Waals surface area (Å²) in [7, 11) is -1.80. The first-order valence-electron chi connectivity index (χ1n) is 8.24. The molecule has 1 N–H and O–H groups in total. The largest absolute Gasteiger partial charge is 0.413 e. The minimum Gasteiger partial charge on any atom is -0.413 e. The molecule has 0 radical (unpaired) electrons. The fraction of sp³-hybridized carbons (Fsp3) is 1.00. The van der Waals surface area contributed by atoms with Gasteiger partial charge in [0.05, 0.1) is 6.10 Å². The molecular weight excluding hydrogens is 284 g/mol. The van der Waals surface area contributed by atoms with Crippen molar-refractivity contribution >= 4 is 20.1 Å². The lowest BCUT2D eigenvalue weighted by molar-refractivity contribution is 0.0886. The molecule has 0 aromatic rings. The highest BCUT2D eigenvalue weighted by atomic mass is 32.2. The Bertz CT molecular complexity index is 260. The van der Waals surface area contributed by atoms with E-state index in [-0.39, 0.29) is 12.2 Å². The van der Waals surface area contributed by atoms with Crippen LogP contribution in [0.2, 0.25) is 16.6 Å². The van der Waals surface area contributed by atoms with Crippen LogP contribution < -0.4 is 0 Å². The standard InChI is InChI=1S/C16H34O2SSi/c1-12(2)20(13(3)4,14(5)6)18-16-8-7-9-19-11-15(17)10-16/h12-17H,7-11H2,1-6H3. The molecule has 0 saturated carbocycles. The lowest BCUT2D eigenvalue weighted by atomic mass is 10.1. The average Bonchev–Trinajstić information content (AvgIpc) is 2.30. The SMILES string of the molecule is CC(C)[Si](OC1CCCSCC(O)C1)(C(C)C)C(C)C. The summed E-state index contributed by atoms with van der Waals surface area (Å²) in [6.45, 7) is 14.0. The van der Waals surface area contributed by atoms with E-state index < -0.39 is 8.32 Å². The van der Waals surface area contributed by atoms with E-state index in [0.717, 1.165) is 24.3 Å². The van der Waals surface area contributed by atoms with Crippen molar-refractivity contribution in [2.24, 2.45) is 0 Å². The van der Waals surface area contributed by atoms with Crippen molar-refractivity contribution in [3.63, 3.8) is 0 Å². The highest BCUT2D eigenvalue weighted by molar-refractivity contribution is 7.99. The van der Waals surface area contributed by atoms with Crippen LogP contribution in [0.1, 0.15) is 60.8 Å². The van der Waals surface area contributed by atoms with Crippen LogP contribution in [0.25, 0.3) is 0 Å². The topological polar surface area (TPSA) is 29.5 Å². The first-order valence-corrected chi connectivity index (χ1v) is 11.5. The van der Waals surface area contributed by atoms with E-state index in [4.69, 9.17) is 4.43 Å². The third kappa shape index (κ3) is 4.49. The van der Waals surface area contributed by atoms with Gasteiger partial charge in [-0.2, -0.15) is 11.8 Å². The second-order valence-electron chi connectivity index (χ2n) is 7.16. The second-order valence-corrected chi connectivity index (χ2v) is 13.7. The van der Waals surface area contributed by atoms with Crippen molar-refractivity contribution in [3.8, 4) is 0 Å². The van der Waals surface area contributed by atoms with E-state index >= 15 is 0 Å². The third-order valence-electron chi connectivity index (χ3n) is 4.74. The summed E-state index contributed by atoms with van der Waals surface area (Å²) >= 11 is 1.88. The molecule has 1 aliphatic rings. The quantitative estimate of drug-likeness (QED) is 0.737. The highest BCUT2D eigenvalue weighted by Gasteiger charge is 2.46. The van der Waals surface area contributed by atoms with Crippen LogP contribution in [-0.4, -0.2) is 37.1 Å². The van der Waals surface area contributed by atoms with Gasteiger partial charge in [0.2, 0.25) is 8.32 Å². The van der Waals surface area contributed by atoms with Gasteiger partial charge in [0.15, 0.2) is 0 Å². The Kier molecular flexibility index (Phi) is 7.61. The molecule has 0 aliphatic carbocycles. The van der Waals surface area contributed by atoms with Crippen molar-refractivity contribution in [1.82, 2.24) is 0 Å². The molecule has 1 saturated heterocycles. The molecular formula is C16H34O2SSi. The Morgan fingerprint density at radius 2 is 1.60 bits per heavy atom. The van der Waals surface area contributed by atoms with E-state index in [9.17, 15) is 5.11 Å². The van der Waals surface area contributed by atoms with Crippen LogP contribution in [0.3, 0.4) is 0 Å². The molecule has 0 bridgehead atoms. The van der Waals surface area contributed by atoms with E-state index in [1.807, 2.05) is 11.8 Å². The Balaban J connectivity index is 2.86. The Morgan fingerprint density at radius 3 is 2.10 bits per heavy atom. The van der Waals surface area contributed by atoms with Gasteiger partial charge in [-0.25, -0.2) is 0 Å². The molecule has 2 unspecified atom stereocenters. The molecule has 20 heavy (non-hydrogen) atoms. The molecule has 1 fully saturated rings. The van der Waals surface area contributed by atoms with E-state index in [1.54, 1.807) is 0 Å². The third-order valence-corrected chi connectivity index (χ3v) is 12.1. The lowest BCUT2D eigenvalue weighted by Crippen LogP contribution is -2.50. The molecule has 2 nitrogen and oxygen atoms in total. The Labute approximate surface area is 131 Å². The number of thioether (sulfide) groups is 1. The molecule has 120 valence electrons. The summed E-state index contributed by atoms with van der Waals surface area (Å²) in [5.41, 5.74) is 1.87. The number of rotatable bonds is 5. The van der Waals surface area contributed by atoms with Gasteiger partial charge in [0, 0.05) is 11.9 Å². The second kappa shape index (κ2) is 8.21. The van der Waals surface area contributed by atoms with E-state index in [2.05, 4.69) is 41.5 Å². The van der Waals surface area contributed by atoms with Crippen molar-refractivity contribution in [2.75, 3.05) is 11.5 Å². The van der Waals surface area contributed by atoms with Crippen LogP contribution in [0, 0.1) is 0 Å². The summed E-state index contributed by atoms with van der Waals surface area (Å²) in [6.07, 6.45) is 3.24. The number of hydrogen-bond donors (Lipinski definition) is 1. The summed E-state index contributed by atoms with van der Waals surface area (Å²) in [4.78, 5) is 0. The maximum absolute atomic E-state index is 10.1. The van der Waals surface area contributed by atoms with Crippen molar-refractivity contribution < 1.29 is 9.53 Å². The van der Waals surface area contributed by atoms with Gasteiger partial charge >= 0.3 is 0 Å². The zero-order valence-electron chi connectivity index (χ0n) is 14.2. The monoisotopic (exact) mass is 318 g/mol. The van der Waals surface area contributed by atoms with Gasteiger partial charge in [-0.05, 0) is 41.6 Å². The maximum Gasteiger partial charge on any atom is 0.200 e. The molecule has 1 rings (SSSR count). The number of aliphatic hydroxyl groups excluding tert-OH is 1. The van der Waals surface area contributed by atoms with Crippen molar-refractivity contribution in [2.45, 2.75) is 89.6 Å².